The van der Waals surface area contributed by atoms with Gasteiger partial charge in [0.1, 0.15) is 12.3 Å². The van der Waals surface area contributed by atoms with Gasteiger partial charge in [-0.05, 0) is 31.0 Å². The second-order valence-electron chi connectivity index (χ2n) is 6.52. The Kier molecular flexibility index (Phi) is 8.50. The van der Waals surface area contributed by atoms with Gasteiger partial charge in [-0.25, -0.2) is 19.4 Å². The summed E-state index contributed by atoms with van der Waals surface area (Å²) < 4.78 is 10.0. The van der Waals surface area contributed by atoms with Crippen molar-refractivity contribution in [2.24, 2.45) is 0 Å². The van der Waals surface area contributed by atoms with Crippen LogP contribution >= 0.6 is 0 Å². The van der Waals surface area contributed by atoms with E-state index in [-0.39, 0.29) is 18.0 Å². The number of carbonyl (C=O) groups is 4. The number of hydrogen-bond acceptors (Lipinski definition) is 7. The Morgan fingerprint density at radius 3 is 2.39 bits per heavy atom. The van der Waals surface area contributed by atoms with Gasteiger partial charge in [0.25, 0.3) is 5.91 Å². The Morgan fingerprint density at radius 2 is 1.81 bits per heavy atom. The molecule has 2 aromatic rings. The highest BCUT2D eigenvalue weighted by Gasteiger charge is 2.31. The van der Waals surface area contributed by atoms with Gasteiger partial charge in [-0.1, -0.05) is 37.3 Å². The SMILES string of the molecule is CCC(C)OC(=O)C(NC(=O)c1ccc(NC(=O)OCc2ccccc2)cn1)C(=O)O. The summed E-state index contributed by atoms with van der Waals surface area (Å²) in [7, 11) is 0. The quantitative estimate of drug-likeness (QED) is 0.407. The second-order valence-corrected chi connectivity index (χ2v) is 6.52. The minimum absolute atomic E-state index is 0.0872. The van der Waals surface area contributed by atoms with Crippen LogP contribution in [0.4, 0.5) is 10.5 Å². The molecule has 2 amide bonds. The summed E-state index contributed by atoms with van der Waals surface area (Å²) in [5.41, 5.74) is 0.939. The predicted molar refractivity (Wildman–Crippen MR) is 109 cm³/mol. The number of esters is 1. The van der Waals surface area contributed by atoms with Gasteiger partial charge in [0.15, 0.2) is 0 Å². The summed E-state index contributed by atoms with van der Waals surface area (Å²) in [6, 6.07) is 9.90. The minimum Gasteiger partial charge on any atom is -0.479 e. The maximum Gasteiger partial charge on any atom is 0.412 e. The number of rotatable bonds is 9. The molecule has 31 heavy (non-hydrogen) atoms. The standard InChI is InChI=1S/C21H23N3O7/c1-3-13(2)31-20(28)17(19(26)27)24-18(25)16-10-9-15(11-22-16)23-21(29)30-12-14-7-5-4-6-8-14/h4-11,13,17H,3,12H2,1-2H3,(H,23,29)(H,24,25)(H,26,27). The molecule has 0 aliphatic heterocycles. The molecule has 0 bridgehead atoms. The first-order chi connectivity index (χ1) is 14.8. The average molecular weight is 429 g/mol. The molecule has 0 fully saturated rings. The summed E-state index contributed by atoms with van der Waals surface area (Å²) in [5, 5.41) is 13.7. The topological polar surface area (TPSA) is 144 Å². The molecule has 0 radical (unpaired) electrons. The zero-order chi connectivity index (χ0) is 22.8. The molecule has 0 aliphatic carbocycles. The van der Waals surface area contributed by atoms with Crippen LogP contribution in [0.3, 0.4) is 0 Å². The lowest BCUT2D eigenvalue weighted by Crippen LogP contribution is -2.48. The number of aromatic nitrogens is 1. The molecule has 1 aromatic carbocycles. The van der Waals surface area contributed by atoms with E-state index >= 15 is 0 Å². The van der Waals surface area contributed by atoms with Crippen LogP contribution < -0.4 is 10.6 Å². The van der Waals surface area contributed by atoms with Crippen LogP contribution in [0.25, 0.3) is 0 Å². The zero-order valence-corrected chi connectivity index (χ0v) is 17.0. The van der Waals surface area contributed by atoms with Gasteiger partial charge in [-0.15, -0.1) is 0 Å². The van der Waals surface area contributed by atoms with E-state index in [9.17, 15) is 24.3 Å². The van der Waals surface area contributed by atoms with E-state index in [2.05, 4.69) is 15.6 Å². The number of carboxylic acid groups (broad SMARTS) is 1. The van der Waals surface area contributed by atoms with E-state index in [0.717, 1.165) is 5.56 Å². The molecule has 2 unspecified atom stereocenters. The van der Waals surface area contributed by atoms with Gasteiger partial charge in [-0.3, -0.25) is 10.1 Å². The molecule has 0 saturated carbocycles. The third-order valence-corrected chi connectivity index (χ3v) is 4.11. The van der Waals surface area contributed by atoms with Crippen LogP contribution in [0.1, 0.15) is 36.3 Å². The Balaban J connectivity index is 1.92. The first-order valence-electron chi connectivity index (χ1n) is 9.48. The number of benzene rings is 1. The van der Waals surface area contributed by atoms with Crippen LogP contribution in [0.5, 0.6) is 0 Å². The van der Waals surface area contributed by atoms with E-state index < -0.39 is 36.1 Å². The Labute approximate surface area is 178 Å². The molecule has 1 aromatic heterocycles. The molecule has 2 atom stereocenters. The third kappa shape index (κ3) is 7.42. The summed E-state index contributed by atoms with van der Waals surface area (Å²) in [6.45, 7) is 3.46. The number of carboxylic acids is 1. The van der Waals surface area contributed by atoms with Crippen molar-refractivity contribution in [2.45, 2.75) is 39.0 Å². The molecule has 10 nitrogen and oxygen atoms in total. The van der Waals surface area contributed by atoms with Gasteiger partial charge in [0.05, 0.1) is 18.0 Å². The molecule has 0 aliphatic rings. The van der Waals surface area contributed by atoms with Crippen molar-refractivity contribution >= 4 is 29.6 Å². The van der Waals surface area contributed by atoms with E-state index in [4.69, 9.17) is 9.47 Å². The lowest BCUT2D eigenvalue weighted by atomic mass is 10.2. The number of hydrogen-bond donors (Lipinski definition) is 3. The Hall–Kier alpha value is -3.95. The fourth-order valence-electron chi connectivity index (χ4n) is 2.26. The summed E-state index contributed by atoms with van der Waals surface area (Å²) in [6.07, 6.45) is 0.500. The van der Waals surface area contributed by atoms with Crippen molar-refractivity contribution in [3.8, 4) is 0 Å². The van der Waals surface area contributed by atoms with Crippen LogP contribution in [0.2, 0.25) is 0 Å². The molecule has 3 N–H and O–H groups in total. The number of nitrogens with one attached hydrogen (secondary N) is 2. The monoisotopic (exact) mass is 429 g/mol. The van der Waals surface area contributed by atoms with Crippen LogP contribution in [0.15, 0.2) is 48.7 Å². The molecule has 0 spiro atoms. The number of ether oxygens (including phenoxy) is 2. The van der Waals surface area contributed by atoms with Crippen LogP contribution in [-0.4, -0.2) is 46.2 Å². The Morgan fingerprint density at radius 1 is 1.10 bits per heavy atom. The first kappa shape index (κ1) is 23.3. The summed E-state index contributed by atoms with van der Waals surface area (Å²) >= 11 is 0. The van der Waals surface area contributed by atoms with Crippen molar-refractivity contribution in [3.05, 3.63) is 59.9 Å². The molecule has 164 valence electrons. The van der Waals surface area contributed by atoms with Gasteiger partial charge < -0.3 is 19.9 Å². The average Bonchev–Trinajstić information content (AvgIpc) is 2.76. The van der Waals surface area contributed by atoms with Gasteiger partial charge in [0.2, 0.25) is 6.04 Å². The first-order valence-corrected chi connectivity index (χ1v) is 9.48. The highest BCUT2D eigenvalue weighted by atomic mass is 16.6. The maximum absolute atomic E-state index is 12.3. The molecule has 1 heterocycles. The number of aliphatic carboxylic acids is 1. The van der Waals surface area contributed by atoms with E-state index in [1.165, 1.54) is 18.3 Å². The lowest BCUT2D eigenvalue weighted by molar-refractivity contribution is -0.158. The van der Waals surface area contributed by atoms with E-state index in [1.807, 2.05) is 30.3 Å². The third-order valence-electron chi connectivity index (χ3n) is 4.11. The molecule has 10 heteroatoms. The molecule has 0 saturated heterocycles. The van der Waals surface area contributed by atoms with Gasteiger partial charge in [0, 0.05) is 0 Å². The zero-order valence-electron chi connectivity index (χ0n) is 17.0. The number of carbonyl (C=O) groups excluding carboxylic acids is 3. The molecular weight excluding hydrogens is 406 g/mol. The lowest BCUT2D eigenvalue weighted by Gasteiger charge is -2.16. The predicted octanol–water partition coefficient (Wildman–Crippen LogP) is 2.35. The number of amides is 2. The van der Waals surface area contributed by atoms with Crippen molar-refractivity contribution in [1.29, 1.82) is 0 Å². The molecule has 2 rings (SSSR count). The van der Waals surface area contributed by atoms with Crippen molar-refractivity contribution in [3.63, 3.8) is 0 Å². The summed E-state index contributed by atoms with van der Waals surface area (Å²) in [4.78, 5) is 51.3. The van der Waals surface area contributed by atoms with Gasteiger partial charge in [-0.2, -0.15) is 0 Å². The Bertz CT molecular complexity index is 916. The van der Waals surface area contributed by atoms with Crippen molar-refractivity contribution in [2.75, 3.05) is 5.32 Å². The van der Waals surface area contributed by atoms with E-state index in [1.54, 1.807) is 13.8 Å². The number of nitrogens with zero attached hydrogens (tertiary/aromatic N) is 1. The van der Waals surface area contributed by atoms with Gasteiger partial charge >= 0.3 is 18.0 Å². The molecular formula is C21H23N3O7. The second kappa shape index (κ2) is 11.3. The number of pyridine rings is 1. The smallest absolute Gasteiger partial charge is 0.412 e. The van der Waals surface area contributed by atoms with Crippen molar-refractivity contribution < 1.29 is 33.8 Å². The summed E-state index contributed by atoms with van der Waals surface area (Å²) in [5.74, 6) is -3.51. The highest BCUT2D eigenvalue weighted by molar-refractivity contribution is 6.04. The van der Waals surface area contributed by atoms with Crippen LogP contribution in [0, 0.1) is 0 Å². The normalized spacial score (nSPS) is 12.2. The fourth-order valence-corrected chi connectivity index (χ4v) is 2.26. The maximum atomic E-state index is 12.3. The van der Waals surface area contributed by atoms with E-state index in [0.29, 0.717) is 6.42 Å². The fraction of sp³-hybridized carbons (Fsp3) is 0.286. The van der Waals surface area contributed by atoms with Crippen molar-refractivity contribution in [1.82, 2.24) is 10.3 Å². The largest absolute Gasteiger partial charge is 0.479 e. The number of anilines is 1. The highest BCUT2D eigenvalue weighted by Crippen LogP contribution is 2.09. The minimum atomic E-state index is -1.87. The van der Waals surface area contributed by atoms with Crippen LogP contribution in [-0.2, 0) is 25.7 Å².